The molecule has 3 nitrogen and oxygen atoms in total. The third-order valence-corrected chi connectivity index (χ3v) is 3.93. The molecule has 0 aliphatic rings. The van der Waals surface area contributed by atoms with Crippen LogP contribution in [0.5, 0.6) is 5.75 Å². The maximum absolute atomic E-state index is 13.7. The minimum atomic E-state index is -0.815. The predicted octanol–water partition coefficient (Wildman–Crippen LogP) is 4.75. The fourth-order valence-electron chi connectivity index (χ4n) is 1.63. The standard InChI is InChI=1S/C14H9Br2F2NO2/c1-21-13-4-7(2-3-9(13)15)19-14(20)8-5-12(18)10(16)6-11(8)17/h2-6H,1H3,(H,19,20). The smallest absolute Gasteiger partial charge is 0.258 e. The van der Waals surface area contributed by atoms with E-state index in [0.29, 0.717) is 15.9 Å². The lowest BCUT2D eigenvalue weighted by Gasteiger charge is -2.09. The van der Waals surface area contributed by atoms with Gasteiger partial charge in [-0.1, -0.05) is 0 Å². The molecular formula is C14H9Br2F2NO2. The van der Waals surface area contributed by atoms with E-state index < -0.39 is 17.5 Å². The van der Waals surface area contributed by atoms with Crippen LogP contribution in [-0.4, -0.2) is 13.0 Å². The van der Waals surface area contributed by atoms with Gasteiger partial charge in [0.15, 0.2) is 0 Å². The highest BCUT2D eigenvalue weighted by atomic mass is 79.9. The Labute approximate surface area is 136 Å². The van der Waals surface area contributed by atoms with Gasteiger partial charge in [-0.25, -0.2) is 8.78 Å². The van der Waals surface area contributed by atoms with E-state index in [4.69, 9.17) is 4.74 Å². The van der Waals surface area contributed by atoms with Crippen LogP contribution in [0.1, 0.15) is 10.4 Å². The SMILES string of the molecule is COc1cc(NC(=O)c2cc(F)c(Br)cc2F)ccc1Br. The molecular weight excluding hydrogens is 412 g/mol. The normalized spacial score (nSPS) is 10.3. The minimum absolute atomic E-state index is 0.0399. The summed E-state index contributed by atoms with van der Waals surface area (Å²) in [4.78, 5) is 12.0. The number of carbonyl (C=O) groups is 1. The Morgan fingerprint density at radius 2 is 1.81 bits per heavy atom. The molecule has 0 saturated heterocycles. The molecule has 2 aromatic carbocycles. The Bertz CT molecular complexity index is 708. The Morgan fingerprint density at radius 3 is 2.48 bits per heavy atom. The van der Waals surface area contributed by atoms with Crippen molar-refractivity contribution >= 4 is 43.5 Å². The summed E-state index contributed by atoms with van der Waals surface area (Å²) in [7, 11) is 1.48. The van der Waals surface area contributed by atoms with Crippen molar-refractivity contribution in [2.24, 2.45) is 0 Å². The molecule has 110 valence electrons. The van der Waals surface area contributed by atoms with E-state index in [1.807, 2.05) is 0 Å². The maximum atomic E-state index is 13.7. The van der Waals surface area contributed by atoms with E-state index in [9.17, 15) is 13.6 Å². The third-order valence-electron chi connectivity index (χ3n) is 2.66. The molecule has 2 aromatic rings. The lowest BCUT2D eigenvalue weighted by Crippen LogP contribution is -2.14. The molecule has 0 aliphatic carbocycles. The van der Waals surface area contributed by atoms with Crippen LogP contribution < -0.4 is 10.1 Å². The van der Waals surface area contributed by atoms with Crippen molar-refractivity contribution in [3.05, 3.63) is 56.5 Å². The first kappa shape index (κ1) is 15.9. The summed E-state index contributed by atoms with van der Waals surface area (Å²) in [5.74, 6) is -1.77. The first-order valence-corrected chi connectivity index (χ1v) is 7.30. The van der Waals surface area contributed by atoms with Crippen LogP contribution in [0.15, 0.2) is 39.3 Å². The van der Waals surface area contributed by atoms with Gasteiger partial charge >= 0.3 is 0 Å². The van der Waals surface area contributed by atoms with E-state index in [1.54, 1.807) is 18.2 Å². The molecule has 0 unspecified atom stereocenters. The minimum Gasteiger partial charge on any atom is -0.495 e. The highest BCUT2D eigenvalue weighted by molar-refractivity contribution is 9.10. The van der Waals surface area contributed by atoms with Crippen molar-refractivity contribution in [3.63, 3.8) is 0 Å². The van der Waals surface area contributed by atoms with Crippen LogP contribution in [0.3, 0.4) is 0 Å². The van der Waals surface area contributed by atoms with Gasteiger partial charge in [0.2, 0.25) is 0 Å². The fraction of sp³-hybridized carbons (Fsp3) is 0.0714. The molecule has 0 bridgehead atoms. The van der Waals surface area contributed by atoms with Crippen LogP contribution in [0, 0.1) is 11.6 Å². The molecule has 0 heterocycles. The second-order valence-electron chi connectivity index (χ2n) is 4.05. The van der Waals surface area contributed by atoms with E-state index in [1.165, 1.54) is 7.11 Å². The quantitative estimate of drug-likeness (QED) is 0.727. The molecule has 2 rings (SSSR count). The molecule has 0 aromatic heterocycles. The first-order chi connectivity index (χ1) is 9.92. The van der Waals surface area contributed by atoms with Crippen LogP contribution in [-0.2, 0) is 0 Å². The molecule has 0 fully saturated rings. The van der Waals surface area contributed by atoms with Gasteiger partial charge in [0, 0.05) is 11.8 Å². The Morgan fingerprint density at radius 1 is 1.10 bits per heavy atom. The number of ether oxygens (including phenoxy) is 1. The number of hydrogen-bond acceptors (Lipinski definition) is 2. The Kier molecular flexibility index (Phi) is 4.95. The number of hydrogen-bond donors (Lipinski definition) is 1. The van der Waals surface area contributed by atoms with Crippen molar-refractivity contribution < 1.29 is 18.3 Å². The van der Waals surface area contributed by atoms with Gasteiger partial charge in [-0.2, -0.15) is 0 Å². The van der Waals surface area contributed by atoms with E-state index >= 15 is 0 Å². The van der Waals surface area contributed by atoms with Gasteiger partial charge in [0.1, 0.15) is 17.4 Å². The Balaban J connectivity index is 2.28. The van der Waals surface area contributed by atoms with Gasteiger partial charge in [-0.05, 0) is 56.1 Å². The lowest BCUT2D eigenvalue weighted by molar-refractivity contribution is 0.102. The van der Waals surface area contributed by atoms with Gasteiger partial charge in [-0.3, -0.25) is 4.79 Å². The molecule has 0 spiro atoms. The molecule has 0 radical (unpaired) electrons. The second-order valence-corrected chi connectivity index (χ2v) is 5.76. The van der Waals surface area contributed by atoms with Crippen molar-refractivity contribution in [1.82, 2.24) is 0 Å². The molecule has 0 saturated carbocycles. The zero-order chi connectivity index (χ0) is 15.6. The highest BCUT2D eigenvalue weighted by Gasteiger charge is 2.16. The average molecular weight is 421 g/mol. The zero-order valence-corrected chi connectivity index (χ0v) is 13.9. The monoisotopic (exact) mass is 419 g/mol. The zero-order valence-electron chi connectivity index (χ0n) is 10.7. The molecule has 7 heteroatoms. The molecule has 21 heavy (non-hydrogen) atoms. The number of methoxy groups -OCH3 is 1. The number of benzene rings is 2. The number of halogens is 4. The van der Waals surface area contributed by atoms with E-state index in [-0.39, 0.29) is 10.0 Å². The summed E-state index contributed by atoms with van der Waals surface area (Å²) < 4.78 is 32.9. The highest BCUT2D eigenvalue weighted by Crippen LogP contribution is 2.28. The van der Waals surface area contributed by atoms with Crippen molar-refractivity contribution in [2.45, 2.75) is 0 Å². The molecule has 0 aliphatic heterocycles. The molecule has 1 N–H and O–H groups in total. The maximum Gasteiger partial charge on any atom is 0.258 e. The number of anilines is 1. The van der Waals surface area contributed by atoms with Crippen molar-refractivity contribution in [3.8, 4) is 5.75 Å². The van der Waals surface area contributed by atoms with Crippen molar-refractivity contribution in [2.75, 3.05) is 12.4 Å². The summed E-state index contributed by atoms with van der Waals surface area (Å²) in [6.45, 7) is 0. The number of amides is 1. The number of carbonyl (C=O) groups excluding carboxylic acids is 1. The summed E-state index contributed by atoms with van der Waals surface area (Å²) in [5.41, 5.74) is 0.0281. The van der Waals surface area contributed by atoms with Crippen molar-refractivity contribution in [1.29, 1.82) is 0 Å². The van der Waals surface area contributed by atoms with Crippen LogP contribution in [0.25, 0.3) is 0 Å². The van der Waals surface area contributed by atoms with Gasteiger partial charge < -0.3 is 10.1 Å². The summed E-state index contributed by atoms with van der Waals surface area (Å²) >= 11 is 6.13. The van der Waals surface area contributed by atoms with Crippen LogP contribution in [0.2, 0.25) is 0 Å². The molecule has 1 amide bonds. The third kappa shape index (κ3) is 3.59. The number of rotatable bonds is 3. The lowest BCUT2D eigenvalue weighted by atomic mass is 10.2. The predicted molar refractivity (Wildman–Crippen MR) is 82.7 cm³/mol. The van der Waals surface area contributed by atoms with E-state index in [2.05, 4.69) is 37.2 Å². The summed E-state index contributed by atoms with van der Waals surface area (Å²) in [6, 6.07) is 6.59. The largest absolute Gasteiger partial charge is 0.495 e. The molecule has 0 atom stereocenters. The first-order valence-electron chi connectivity index (χ1n) is 5.72. The van der Waals surface area contributed by atoms with Crippen LogP contribution in [0.4, 0.5) is 14.5 Å². The Hall–Kier alpha value is -1.47. The fourth-order valence-corrected chi connectivity index (χ4v) is 2.36. The topological polar surface area (TPSA) is 38.3 Å². The summed E-state index contributed by atoms with van der Waals surface area (Å²) in [5, 5.41) is 2.49. The second kappa shape index (κ2) is 6.53. The number of nitrogens with one attached hydrogen (secondary N) is 1. The average Bonchev–Trinajstić information content (AvgIpc) is 2.44. The summed E-state index contributed by atoms with van der Waals surface area (Å²) in [6.07, 6.45) is 0. The van der Waals surface area contributed by atoms with E-state index in [0.717, 1.165) is 12.1 Å². The van der Waals surface area contributed by atoms with Gasteiger partial charge in [0.25, 0.3) is 5.91 Å². The van der Waals surface area contributed by atoms with Crippen LogP contribution >= 0.6 is 31.9 Å². The van der Waals surface area contributed by atoms with Gasteiger partial charge in [0.05, 0.1) is 21.6 Å². The van der Waals surface area contributed by atoms with Gasteiger partial charge in [-0.15, -0.1) is 0 Å².